The van der Waals surface area contributed by atoms with Crippen molar-refractivity contribution >= 4 is 34.2 Å². The van der Waals surface area contributed by atoms with Crippen molar-refractivity contribution in [3.63, 3.8) is 0 Å². The highest BCUT2D eigenvalue weighted by molar-refractivity contribution is 7.14. The van der Waals surface area contributed by atoms with E-state index in [0.29, 0.717) is 16.3 Å². The molecule has 29 heavy (non-hydrogen) atoms. The van der Waals surface area contributed by atoms with Crippen molar-refractivity contribution in [3.05, 3.63) is 81.9 Å². The molecule has 0 fully saturated rings. The fourth-order valence-corrected chi connectivity index (χ4v) is 3.99. The summed E-state index contributed by atoms with van der Waals surface area (Å²) in [4.78, 5) is 43.6. The van der Waals surface area contributed by atoms with Crippen LogP contribution in [0.2, 0.25) is 0 Å². The standard InChI is InChI=1S/C22H19N3O3S/c1-13(2)18-12-29-22(23-18)24-19(26)15-8-9-16-17(10-15)21(28)25(20(16)27)11-14-6-4-3-5-7-14/h3-10,12-13H,11H2,1-2H3,(H,23,24,26). The molecule has 146 valence electrons. The highest BCUT2D eigenvalue weighted by Gasteiger charge is 2.36. The zero-order chi connectivity index (χ0) is 20.5. The fraction of sp³-hybridized carbons (Fsp3) is 0.182. The molecule has 0 atom stereocenters. The molecule has 0 aliphatic carbocycles. The third-order valence-electron chi connectivity index (χ3n) is 4.75. The van der Waals surface area contributed by atoms with Gasteiger partial charge in [-0.15, -0.1) is 11.3 Å². The lowest BCUT2D eigenvalue weighted by molar-refractivity contribution is 0.0642. The number of anilines is 1. The summed E-state index contributed by atoms with van der Waals surface area (Å²) in [5.41, 5.74) is 2.66. The van der Waals surface area contributed by atoms with Crippen LogP contribution in [0.3, 0.4) is 0 Å². The molecule has 1 N–H and O–H groups in total. The molecule has 3 amide bonds. The average Bonchev–Trinajstić information content (AvgIpc) is 3.28. The topological polar surface area (TPSA) is 79.4 Å². The molecule has 2 aromatic carbocycles. The van der Waals surface area contributed by atoms with E-state index in [4.69, 9.17) is 0 Å². The lowest BCUT2D eigenvalue weighted by Gasteiger charge is -2.13. The number of imide groups is 1. The molecule has 1 aliphatic rings. The number of nitrogens with zero attached hydrogens (tertiary/aromatic N) is 2. The Labute approximate surface area is 172 Å². The van der Waals surface area contributed by atoms with Crippen LogP contribution in [0, 0.1) is 0 Å². The monoisotopic (exact) mass is 405 g/mol. The largest absolute Gasteiger partial charge is 0.298 e. The normalized spacial score (nSPS) is 13.1. The smallest absolute Gasteiger partial charge is 0.261 e. The first-order valence-electron chi connectivity index (χ1n) is 9.25. The predicted octanol–water partition coefficient (Wildman–Crippen LogP) is 4.32. The molecular formula is C22H19N3O3S. The predicted molar refractivity (Wildman–Crippen MR) is 111 cm³/mol. The van der Waals surface area contributed by atoms with Crippen molar-refractivity contribution in [1.82, 2.24) is 9.88 Å². The van der Waals surface area contributed by atoms with Crippen LogP contribution >= 0.6 is 11.3 Å². The van der Waals surface area contributed by atoms with Gasteiger partial charge < -0.3 is 0 Å². The van der Waals surface area contributed by atoms with Crippen LogP contribution in [0.25, 0.3) is 0 Å². The minimum Gasteiger partial charge on any atom is -0.298 e. The summed E-state index contributed by atoms with van der Waals surface area (Å²) in [6.07, 6.45) is 0. The fourth-order valence-electron chi connectivity index (χ4n) is 3.12. The van der Waals surface area contributed by atoms with Crippen LogP contribution in [0.1, 0.15) is 62.1 Å². The van der Waals surface area contributed by atoms with Gasteiger partial charge in [0.15, 0.2) is 5.13 Å². The minimum atomic E-state index is -0.389. The number of carbonyl (C=O) groups excluding carboxylic acids is 3. The van der Waals surface area contributed by atoms with E-state index in [0.717, 1.165) is 11.3 Å². The van der Waals surface area contributed by atoms with E-state index in [-0.39, 0.29) is 35.7 Å². The SMILES string of the molecule is CC(C)c1csc(NC(=O)c2ccc3c(c2)C(=O)N(Cc2ccccc2)C3=O)n1. The highest BCUT2D eigenvalue weighted by Crippen LogP contribution is 2.27. The molecule has 0 spiro atoms. The van der Waals surface area contributed by atoms with Crippen molar-refractivity contribution in [2.75, 3.05) is 5.32 Å². The molecule has 0 unspecified atom stereocenters. The quantitative estimate of drug-likeness (QED) is 0.642. The van der Waals surface area contributed by atoms with Crippen molar-refractivity contribution in [2.45, 2.75) is 26.3 Å². The van der Waals surface area contributed by atoms with Crippen molar-refractivity contribution in [1.29, 1.82) is 0 Å². The number of rotatable bonds is 5. The number of amides is 3. The number of hydrogen-bond acceptors (Lipinski definition) is 5. The Kier molecular flexibility index (Phi) is 4.98. The van der Waals surface area contributed by atoms with Gasteiger partial charge in [-0.2, -0.15) is 0 Å². The lowest BCUT2D eigenvalue weighted by Crippen LogP contribution is -2.29. The Bertz CT molecular complexity index is 1110. The number of benzene rings is 2. The molecule has 6 nitrogen and oxygen atoms in total. The van der Waals surface area contributed by atoms with Gasteiger partial charge in [-0.25, -0.2) is 4.98 Å². The van der Waals surface area contributed by atoms with Crippen LogP contribution in [0.15, 0.2) is 53.9 Å². The summed E-state index contributed by atoms with van der Waals surface area (Å²) in [6.45, 7) is 4.27. The number of thiazole rings is 1. The maximum Gasteiger partial charge on any atom is 0.261 e. The molecule has 3 aromatic rings. The van der Waals surface area contributed by atoms with E-state index in [1.807, 2.05) is 49.6 Å². The first-order chi connectivity index (χ1) is 13.9. The summed E-state index contributed by atoms with van der Waals surface area (Å²) < 4.78 is 0. The zero-order valence-corrected chi connectivity index (χ0v) is 16.8. The van der Waals surface area contributed by atoms with Gasteiger partial charge in [0.05, 0.1) is 23.4 Å². The Balaban J connectivity index is 1.54. The first-order valence-corrected chi connectivity index (χ1v) is 10.1. The minimum absolute atomic E-state index is 0.200. The molecule has 0 radical (unpaired) electrons. The molecule has 0 bridgehead atoms. The Hall–Kier alpha value is -3.32. The molecule has 7 heteroatoms. The van der Waals surface area contributed by atoms with Crippen molar-refractivity contribution in [2.24, 2.45) is 0 Å². The highest BCUT2D eigenvalue weighted by atomic mass is 32.1. The third kappa shape index (κ3) is 3.69. The van der Waals surface area contributed by atoms with Gasteiger partial charge in [0, 0.05) is 10.9 Å². The molecular weight excluding hydrogens is 386 g/mol. The Morgan fingerprint density at radius 2 is 1.79 bits per heavy atom. The van der Waals surface area contributed by atoms with Gasteiger partial charge >= 0.3 is 0 Å². The van der Waals surface area contributed by atoms with Gasteiger partial charge in [0.1, 0.15) is 0 Å². The van der Waals surface area contributed by atoms with Gasteiger partial charge in [0.2, 0.25) is 0 Å². The summed E-state index contributed by atoms with van der Waals surface area (Å²) >= 11 is 1.36. The number of aromatic nitrogens is 1. The maximum atomic E-state index is 12.8. The second-order valence-electron chi connectivity index (χ2n) is 7.13. The van der Waals surface area contributed by atoms with E-state index in [1.165, 1.54) is 28.4 Å². The Morgan fingerprint density at radius 3 is 2.48 bits per heavy atom. The van der Waals surface area contributed by atoms with E-state index in [9.17, 15) is 14.4 Å². The Morgan fingerprint density at radius 1 is 1.07 bits per heavy atom. The second-order valence-corrected chi connectivity index (χ2v) is 7.99. The van der Waals surface area contributed by atoms with E-state index in [1.54, 1.807) is 6.07 Å². The summed E-state index contributed by atoms with van der Waals surface area (Å²) in [7, 11) is 0. The zero-order valence-electron chi connectivity index (χ0n) is 16.0. The van der Waals surface area contributed by atoms with Gasteiger partial charge in [-0.05, 0) is 29.7 Å². The van der Waals surface area contributed by atoms with E-state index >= 15 is 0 Å². The molecule has 0 saturated carbocycles. The molecule has 4 rings (SSSR count). The molecule has 1 aromatic heterocycles. The summed E-state index contributed by atoms with van der Waals surface area (Å²) in [5, 5.41) is 5.18. The molecule has 0 saturated heterocycles. The lowest BCUT2D eigenvalue weighted by atomic mass is 10.1. The first kappa shape index (κ1) is 19.0. The van der Waals surface area contributed by atoms with Crippen LogP contribution < -0.4 is 5.32 Å². The second kappa shape index (κ2) is 7.60. The number of fused-ring (bicyclic) bond motifs is 1. The van der Waals surface area contributed by atoms with Gasteiger partial charge in [-0.1, -0.05) is 44.2 Å². The molecule has 2 heterocycles. The maximum absolute atomic E-state index is 12.8. The van der Waals surface area contributed by atoms with Crippen LogP contribution in [0.4, 0.5) is 5.13 Å². The van der Waals surface area contributed by atoms with Gasteiger partial charge in [-0.3, -0.25) is 24.6 Å². The number of carbonyl (C=O) groups is 3. The van der Waals surface area contributed by atoms with Gasteiger partial charge in [0.25, 0.3) is 17.7 Å². The third-order valence-corrected chi connectivity index (χ3v) is 5.53. The summed E-state index contributed by atoms with van der Waals surface area (Å²) in [5.74, 6) is -0.822. The summed E-state index contributed by atoms with van der Waals surface area (Å²) in [6, 6.07) is 13.9. The van der Waals surface area contributed by atoms with Crippen LogP contribution in [0.5, 0.6) is 0 Å². The van der Waals surface area contributed by atoms with Crippen molar-refractivity contribution in [3.8, 4) is 0 Å². The number of hydrogen-bond donors (Lipinski definition) is 1. The van der Waals surface area contributed by atoms with E-state index < -0.39 is 0 Å². The van der Waals surface area contributed by atoms with Crippen LogP contribution in [-0.2, 0) is 6.54 Å². The van der Waals surface area contributed by atoms with E-state index in [2.05, 4.69) is 10.3 Å². The molecule has 1 aliphatic heterocycles. The van der Waals surface area contributed by atoms with Crippen LogP contribution in [-0.4, -0.2) is 27.6 Å². The average molecular weight is 405 g/mol. The van der Waals surface area contributed by atoms with Crippen molar-refractivity contribution < 1.29 is 14.4 Å². The number of nitrogens with one attached hydrogen (secondary N) is 1.